The Morgan fingerprint density at radius 3 is 2.46 bits per heavy atom. The topological polar surface area (TPSA) is 20.2 Å². The molecule has 0 aliphatic carbocycles. The Balaban J connectivity index is 3.05. The van der Waals surface area contributed by atoms with Crippen LogP contribution in [0.2, 0.25) is 10.0 Å². The van der Waals surface area contributed by atoms with Crippen molar-refractivity contribution in [1.82, 2.24) is 0 Å². The number of rotatable bonds is 2. The van der Waals surface area contributed by atoms with Gasteiger partial charge in [0.1, 0.15) is 5.75 Å². The fraction of sp³-hybridized carbons (Fsp3) is 0.400. The lowest BCUT2D eigenvalue weighted by Crippen LogP contribution is -1.94. The lowest BCUT2D eigenvalue weighted by molar-refractivity contribution is 0.463. The molecule has 0 saturated carbocycles. The molecule has 0 atom stereocenters. The van der Waals surface area contributed by atoms with Crippen molar-refractivity contribution in [2.45, 2.75) is 20.3 Å². The van der Waals surface area contributed by atoms with Crippen molar-refractivity contribution in [3.8, 4) is 5.75 Å². The molecule has 0 aliphatic rings. The average Bonchev–Trinajstić information content (AvgIpc) is 1.98. The van der Waals surface area contributed by atoms with Crippen LogP contribution in [0.5, 0.6) is 5.75 Å². The van der Waals surface area contributed by atoms with E-state index in [4.69, 9.17) is 23.2 Å². The molecule has 0 aliphatic heterocycles. The molecular formula is C10H12Cl2O. The van der Waals surface area contributed by atoms with E-state index < -0.39 is 0 Å². The summed E-state index contributed by atoms with van der Waals surface area (Å²) in [6.07, 6.45) is 0.784. The van der Waals surface area contributed by atoms with Gasteiger partial charge in [0.2, 0.25) is 0 Å². The van der Waals surface area contributed by atoms with Crippen molar-refractivity contribution in [2.24, 2.45) is 5.92 Å². The van der Waals surface area contributed by atoms with Crippen molar-refractivity contribution in [1.29, 1.82) is 0 Å². The van der Waals surface area contributed by atoms with Crippen LogP contribution in [0.1, 0.15) is 19.4 Å². The third-order valence-corrected chi connectivity index (χ3v) is 2.24. The SMILES string of the molecule is CC(C)Cc1cc(Cl)cc(Cl)c1O. The maximum Gasteiger partial charge on any atom is 0.137 e. The average molecular weight is 219 g/mol. The summed E-state index contributed by atoms with van der Waals surface area (Å²) < 4.78 is 0. The molecule has 0 spiro atoms. The van der Waals surface area contributed by atoms with E-state index in [0.717, 1.165) is 12.0 Å². The Kier molecular flexibility index (Phi) is 3.46. The van der Waals surface area contributed by atoms with Gasteiger partial charge in [-0.1, -0.05) is 37.0 Å². The minimum atomic E-state index is 0.153. The normalized spacial score (nSPS) is 10.8. The highest BCUT2D eigenvalue weighted by Crippen LogP contribution is 2.32. The summed E-state index contributed by atoms with van der Waals surface area (Å²) in [7, 11) is 0. The summed E-state index contributed by atoms with van der Waals surface area (Å²) in [5, 5.41) is 10.5. The van der Waals surface area contributed by atoms with Gasteiger partial charge in [-0.05, 0) is 30.0 Å². The van der Waals surface area contributed by atoms with Crippen LogP contribution in [0.15, 0.2) is 12.1 Å². The lowest BCUT2D eigenvalue weighted by Gasteiger charge is -2.08. The third kappa shape index (κ3) is 2.78. The predicted molar refractivity (Wildman–Crippen MR) is 56.7 cm³/mol. The van der Waals surface area contributed by atoms with Gasteiger partial charge in [0.05, 0.1) is 5.02 Å². The van der Waals surface area contributed by atoms with Crippen molar-refractivity contribution < 1.29 is 5.11 Å². The number of aromatic hydroxyl groups is 1. The van der Waals surface area contributed by atoms with Gasteiger partial charge in [0.25, 0.3) is 0 Å². The third-order valence-electron chi connectivity index (χ3n) is 1.74. The van der Waals surface area contributed by atoms with Crippen molar-refractivity contribution >= 4 is 23.2 Å². The van der Waals surface area contributed by atoms with Crippen molar-refractivity contribution in [3.05, 3.63) is 27.7 Å². The fourth-order valence-electron chi connectivity index (χ4n) is 1.21. The van der Waals surface area contributed by atoms with Crippen molar-refractivity contribution in [2.75, 3.05) is 0 Å². The van der Waals surface area contributed by atoms with Crippen LogP contribution in [-0.4, -0.2) is 5.11 Å². The Bertz CT molecular complexity index is 308. The summed E-state index contributed by atoms with van der Waals surface area (Å²) in [6, 6.07) is 3.30. The molecule has 1 aromatic rings. The van der Waals surface area contributed by atoms with Crippen LogP contribution < -0.4 is 0 Å². The molecule has 1 aromatic carbocycles. The number of hydrogen-bond acceptors (Lipinski definition) is 1. The first-order valence-electron chi connectivity index (χ1n) is 4.17. The van der Waals surface area contributed by atoms with E-state index in [1.807, 2.05) is 0 Å². The maximum absolute atomic E-state index is 9.58. The second-order valence-electron chi connectivity index (χ2n) is 3.49. The van der Waals surface area contributed by atoms with E-state index in [0.29, 0.717) is 16.0 Å². The summed E-state index contributed by atoms with van der Waals surface area (Å²) in [5.41, 5.74) is 0.813. The van der Waals surface area contributed by atoms with E-state index >= 15 is 0 Å². The molecule has 0 unspecified atom stereocenters. The zero-order valence-corrected chi connectivity index (χ0v) is 9.15. The van der Waals surface area contributed by atoms with Crippen LogP contribution in [0.4, 0.5) is 0 Å². The largest absolute Gasteiger partial charge is 0.506 e. The first-order valence-corrected chi connectivity index (χ1v) is 4.93. The van der Waals surface area contributed by atoms with Gasteiger partial charge in [-0.25, -0.2) is 0 Å². The summed E-state index contributed by atoms with van der Waals surface area (Å²) in [5.74, 6) is 0.625. The van der Waals surface area contributed by atoms with Gasteiger partial charge < -0.3 is 5.11 Å². The highest BCUT2D eigenvalue weighted by atomic mass is 35.5. The molecule has 13 heavy (non-hydrogen) atoms. The first-order chi connectivity index (χ1) is 6.00. The minimum Gasteiger partial charge on any atom is -0.506 e. The number of halogens is 2. The standard InChI is InChI=1S/C10H12Cl2O/c1-6(2)3-7-4-8(11)5-9(12)10(7)13/h4-6,13H,3H2,1-2H3. The highest BCUT2D eigenvalue weighted by molar-refractivity contribution is 6.35. The summed E-state index contributed by atoms with van der Waals surface area (Å²) in [6.45, 7) is 4.16. The molecule has 0 heterocycles. The molecule has 0 fully saturated rings. The molecule has 0 radical (unpaired) electrons. The second kappa shape index (κ2) is 4.21. The second-order valence-corrected chi connectivity index (χ2v) is 4.34. The highest BCUT2D eigenvalue weighted by Gasteiger charge is 2.08. The lowest BCUT2D eigenvalue weighted by atomic mass is 10.0. The van der Waals surface area contributed by atoms with Crippen LogP contribution in [-0.2, 0) is 6.42 Å². The van der Waals surface area contributed by atoms with Crippen LogP contribution >= 0.6 is 23.2 Å². The molecule has 3 heteroatoms. The van der Waals surface area contributed by atoms with Gasteiger partial charge in [0.15, 0.2) is 0 Å². The molecule has 1 nitrogen and oxygen atoms in total. The van der Waals surface area contributed by atoms with Gasteiger partial charge in [-0.2, -0.15) is 0 Å². The van der Waals surface area contributed by atoms with E-state index in [1.165, 1.54) is 0 Å². The fourth-order valence-corrected chi connectivity index (χ4v) is 1.75. The van der Waals surface area contributed by atoms with Gasteiger partial charge >= 0.3 is 0 Å². The monoisotopic (exact) mass is 218 g/mol. The van der Waals surface area contributed by atoms with Gasteiger partial charge in [-0.3, -0.25) is 0 Å². The molecule has 1 N–H and O–H groups in total. The van der Waals surface area contributed by atoms with E-state index in [-0.39, 0.29) is 5.75 Å². The zero-order chi connectivity index (χ0) is 10.0. The maximum atomic E-state index is 9.58. The molecule has 1 rings (SSSR count). The molecule has 0 saturated heterocycles. The van der Waals surface area contributed by atoms with Crippen LogP contribution in [0, 0.1) is 5.92 Å². The Morgan fingerprint density at radius 1 is 1.31 bits per heavy atom. The number of phenolic OH excluding ortho intramolecular Hbond substituents is 1. The van der Waals surface area contributed by atoms with E-state index in [2.05, 4.69) is 13.8 Å². The Labute approximate surface area is 88.3 Å². The first kappa shape index (κ1) is 10.7. The number of hydrogen-bond donors (Lipinski definition) is 1. The Hall–Kier alpha value is -0.400. The molecule has 0 bridgehead atoms. The van der Waals surface area contributed by atoms with Gasteiger partial charge in [0, 0.05) is 5.02 Å². The molecule has 0 amide bonds. The minimum absolute atomic E-state index is 0.153. The smallest absolute Gasteiger partial charge is 0.137 e. The quantitative estimate of drug-likeness (QED) is 0.799. The van der Waals surface area contributed by atoms with Gasteiger partial charge in [-0.15, -0.1) is 0 Å². The summed E-state index contributed by atoms with van der Waals surface area (Å²) >= 11 is 11.6. The molecular weight excluding hydrogens is 207 g/mol. The number of phenols is 1. The molecule has 72 valence electrons. The van der Waals surface area contributed by atoms with Crippen LogP contribution in [0.25, 0.3) is 0 Å². The predicted octanol–water partition coefficient (Wildman–Crippen LogP) is 3.90. The zero-order valence-electron chi connectivity index (χ0n) is 7.64. The van der Waals surface area contributed by atoms with E-state index in [9.17, 15) is 5.11 Å². The van der Waals surface area contributed by atoms with E-state index in [1.54, 1.807) is 12.1 Å². The van der Waals surface area contributed by atoms with Crippen molar-refractivity contribution in [3.63, 3.8) is 0 Å². The Morgan fingerprint density at radius 2 is 1.92 bits per heavy atom. The van der Waals surface area contributed by atoms with Crippen LogP contribution in [0.3, 0.4) is 0 Å². The number of benzene rings is 1. The summed E-state index contributed by atoms with van der Waals surface area (Å²) in [4.78, 5) is 0. The molecule has 0 aromatic heterocycles.